The van der Waals surface area contributed by atoms with Crippen LogP contribution in [-0.2, 0) is 4.79 Å². The Balaban J connectivity index is 0.00000162. The number of likely N-dealkylation sites (tertiary alicyclic amines) is 1. The Morgan fingerprint density at radius 3 is 2.11 bits per heavy atom. The minimum Gasteiger partial charge on any atom is -0.368 e. The van der Waals surface area contributed by atoms with Gasteiger partial charge in [0.05, 0.1) is 0 Å². The number of halogens is 2. The van der Waals surface area contributed by atoms with Crippen LogP contribution in [0.1, 0.15) is 36.4 Å². The molecule has 0 bridgehead atoms. The van der Waals surface area contributed by atoms with Crippen molar-refractivity contribution in [3.8, 4) is 0 Å². The van der Waals surface area contributed by atoms with Crippen molar-refractivity contribution >= 4 is 39.9 Å². The second-order valence-corrected chi connectivity index (χ2v) is 4.81. The zero-order valence-electron chi connectivity index (χ0n) is 11.2. The zero-order chi connectivity index (χ0) is 12.3. The molecule has 1 amide bonds. The summed E-state index contributed by atoms with van der Waals surface area (Å²) in [5.41, 5.74) is 7.78. The van der Waals surface area contributed by atoms with E-state index < -0.39 is 0 Å². The molecule has 1 aliphatic heterocycles. The molecule has 0 aromatic heterocycles. The van der Waals surface area contributed by atoms with Crippen molar-refractivity contribution < 1.29 is 4.79 Å². The van der Waals surface area contributed by atoms with Gasteiger partial charge in [0.1, 0.15) is 6.04 Å². The minimum atomic E-state index is -0.254. The molecule has 19 heavy (non-hydrogen) atoms. The summed E-state index contributed by atoms with van der Waals surface area (Å²) in [6.07, 6.45) is 3.58. The molecule has 108 valence electrons. The Morgan fingerprint density at radius 2 is 1.63 bits per heavy atom. The lowest BCUT2D eigenvalue weighted by Crippen LogP contribution is -2.40. The van der Waals surface area contributed by atoms with E-state index in [1.807, 2.05) is 31.2 Å². The van der Waals surface area contributed by atoms with E-state index in [-0.39, 0.29) is 45.9 Å². The Hall–Kier alpha value is -0.390. The first kappa shape index (κ1) is 18.6. The lowest BCUT2D eigenvalue weighted by Gasteiger charge is -2.32. The summed E-state index contributed by atoms with van der Waals surface area (Å²) < 4.78 is 0. The van der Waals surface area contributed by atoms with Gasteiger partial charge in [0.25, 0.3) is 0 Å². The number of nitrogens with two attached hydrogens (primary N) is 1. The second-order valence-electron chi connectivity index (χ2n) is 4.81. The third kappa shape index (κ3) is 4.89. The van der Waals surface area contributed by atoms with Crippen LogP contribution >= 0.6 is 34.0 Å². The van der Waals surface area contributed by atoms with Gasteiger partial charge in [-0.2, -0.15) is 0 Å². The molecular weight excluding hydrogens is 372 g/mol. The summed E-state index contributed by atoms with van der Waals surface area (Å²) in [5, 5.41) is 0. The van der Waals surface area contributed by atoms with Gasteiger partial charge < -0.3 is 5.73 Å². The molecule has 1 aliphatic rings. The number of piperidine rings is 1. The minimum absolute atomic E-state index is 0. The normalized spacial score (nSPS) is 16.9. The number of rotatable bonds is 3. The predicted molar refractivity (Wildman–Crippen MR) is 89.2 cm³/mol. The Kier molecular flexibility index (Phi) is 8.54. The molecule has 2 rings (SSSR count). The first-order valence-electron chi connectivity index (χ1n) is 6.28. The maximum Gasteiger partial charge on any atom is 0.239 e. The summed E-state index contributed by atoms with van der Waals surface area (Å²) >= 11 is 0. The largest absolute Gasteiger partial charge is 0.368 e. The van der Waals surface area contributed by atoms with Gasteiger partial charge in [-0.3, -0.25) is 9.69 Å². The lowest BCUT2D eigenvalue weighted by molar-refractivity contribution is -0.123. The van der Waals surface area contributed by atoms with Gasteiger partial charge in [-0.1, -0.05) is 36.2 Å². The number of aryl methyl sites for hydroxylation is 1. The standard InChI is InChI=1S/C14H20N2O.2BrH/c1-11-5-7-12(8-6-11)13(14(15)17)16-9-3-2-4-10-16;;/h5-8,13H,2-4,9-10H2,1H3,(H2,15,17);2*1H. The highest BCUT2D eigenvalue weighted by atomic mass is 79.9. The molecule has 1 aromatic rings. The highest BCUT2D eigenvalue weighted by Crippen LogP contribution is 2.24. The third-order valence-corrected chi connectivity index (χ3v) is 3.42. The molecule has 1 fully saturated rings. The van der Waals surface area contributed by atoms with Gasteiger partial charge in [-0.25, -0.2) is 0 Å². The van der Waals surface area contributed by atoms with E-state index in [0.29, 0.717) is 0 Å². The number of hydrogen-bond acceptors (Lipinski definition) is 2. The summed E-state index contributed by atoms with van der Waals surface area (Å²) in [7, 11) is 0. The third-order valence-electron chi connectivity index (χ3n) is 3.42. The average Bonchev–Trinajstić information content (AvgIpc) is 2.33. The van der Waals surface area contributed by atoms with Crippen molar-refractivity contribution in [2.75, 3.05) is 13.1 Å². The maximum absolute atomic E-state index is 11.7. The van der Waals surface area contributed by atoms with E-state index in [2.05, 4.69) is 4.90 Å². The molecule has 5 heteroatoms. The fourth-order valence-corrected chi connectivity index (χ4v) is 2.48. The van der Waals surface area contributed by atoms with Gasteiger partial charge in [-0.05, 0) is 38.4 Å². The summed E-state index contributed by atoms with van der Waals surface area (Å²) in [5.74, 6) is -0.240. The number of benzene rings is 1. The van der Waals surface area contributed by atoms with E-state index in [1.165, 1.54) is 12.0 Å². The van der Waals surface area contributed by atoms with E-state index in [1.54, 1.807) is 0 Å². The zero-order valence-corrected chi connectivity index (χ0v) is 14.6. The molecule has 0 spiro atoms. The molecule has 1 unspecified atom stereocenters. The van der Waals surface area contributed by atoms with Crippen molar-refractivity contribution in [1.29, 1.82) is 0 Å². The highest BCUT2D eigenvalue weighted by molar-refractivity contribution is 8.93. The molecule has 0 saturated carbocycles. The molecular formula is C14H22Br2N2O. The highest BCUT2D eigenvalue weighted by Gasteiger charge is 2.26. The number of amides is 1. The van der Waals surface area contributed by atoms with E-state index in [9.17, 15) is 4.79 Å². The molecule has 1 heterocycles. The van der Waals surface area contributed by atoms with Crippen LogP contribution in [0.4, 0.5) is 0 Å². The fraction of sp³-hybridized carbons (Fsp3) is 0.500. The Bertz CT molecular complexity index is 389. The van der Waals surface area contributed by atoms with Crippen molar-refractivity contribution in [3.63, 3.8) is 0 Å². The average molecular weight is 394 g/mol. The molecule has 3 nitrogen and oxygen atoms in total. The summed E-state index contributed by atoms with van der Waals surface area (Å²) in [4.78, 5) is 13.9. The molecule has 1 saturated heterocycles. The number of carbonyl (C=O) groups is 1. The molecule has 0 aliphatic carbocycles. The van der Waals surface area contributed by atoms with E-state index in [0.717, 1.165) is 31.5 Å². The van der Waals surface area contributed by atoms with Gasteiger partial charge in [0, 0.05) is 0 Å². The van der Waals surface area contributed by atoms with Gasteiger partial charge in [0.2, 0.25) is 5.91 Å². The van der Waals surface area contributed by atoms with Crippen LogP contribution in [0.5, 0.6) is 0 Å². The number of hydrogen-bond donors (Lipinski definition) is 1. The van der Waals surface area contributed by atoms with Crippen LogP contribution in [0.2, 0.25) is 0 Å². The second kappa shape index (κ2) is 8.72. The SMILES string of the molecule is Br.Br.Cc1ccc(C(C(N)=O)N2CCCCC2)cc1. The predicted octanol–water partition coefficient (Wildman–Crippen LogP) is 3.16. The maximum atomic E-state index is 11.7. The van der Waals surface area contributed by atoms with Crippen molar-refractivity contribution in [2.45, 2.75) is 32.2 Å². The van der Waals surface area contributed by atoms with Crippen molar-refractivity contribution in [3.05, 3.63) is 35.4 Å². The number of primary amides is 1. The van der Waals surface area contributed by atoms with Crippen LogP contribution in [0.15, 0.2) is 24.3 Å². The van der Waals surface area contributed by atoms with E-state index >= 15 is 0 Å². The van der Waals surface area contributed by atoms with Crippen molar-refractivity contribution in [2.24, 2.45) is 5.73 Å². The Morgan fingerprint density at radius 1 is 1.11 bits per heavy atom. The molecule has 0 radical (unpaired) electrons. The van der Waals surface area contributed by atoms with Crippen LogP contribution in [0.3, 0.4) is 0 Å². The first-order valence-corrected chi connectivity index (χ1v) is 6.28. The topological polar surface area (TPSA) is 46.3 Å². The number of carbonyl (C=O) groups excluding carboxylic acids is 1. The molecule has 2 N–H and O–H groups in total. The van der Waals surface area contributed by atoms with Crippen LogP contribution in [0, 0.1) is 6.92 Å². The lowest BCUT2D eigenvalue weighted by atomic mass is 10.0. The first-order chi connectivity index (χ1) is 8.18. The molecule has 1 atom stereocenters. The quantitative estimate of drug-likeness (QED) is 0.857. The smallest absolute Gasteiger partial charge is 0.239 e. The van der Waals surface area contributed by atoms with Crippen LogP contribution in [0.25, 0.3) is 0 Å². The summed E-state index contributed by atoms with van der Waals surface area (Å²) in [6, 6.07) is 7.85. The van der Waals surface area contributed by atoms with Gasteiger partial charge >= 0.3 is 0 Å². The van der Waals surface area contributed by atoms with Gasteiger partial charge in [-0.15, -0.1) is 34.0 Å². The monoisotopic (exact) mass is 392 g/mol. The van der Waals surface area contributed by atoms with Crippen LogP contribution in [-0.4, -0.2) is 23.9 Å². The fourth-order valence-electron chi connectivity index (χ4n) is 2.48. The van der Waals surface area contributed by atoms with Crippen molar-refractivity contribution in [1.82, 2.24) is 4.90 Å². The summed E-state index contributed by atoms with van der Waals surface area (Å²) in [6.45, 7) is 3.99. The number of nitrogens with zero attached hydrogens (tertiary/aromatic N) is 1. The van der Waals surface area contributed by atoms with E-state index in [4.69, 9.17) is 5.73 Å². The van der Waals surface area contributed by atoms with Crippen LogP contribution < -0.4 is 5.73 Å². The van der Waals surface area contributed by atoms with Gasteiger partial charge in [0.15, 0.2) is 0 Å². The Labute approximate surface area is 136 Å². The molecule has 1 aromatic carbocycles.